The zero-order valence-corrected chi connectivity index (χ0v) is 11.3. The normalized spacial score (nSPS) is 22.3. The van der Waals surface area contributed by atoms with Crippen LogP contribution in [0.1, 0.15) is 20.3 Å². The molecular weight excluding hydrogens is 224 g/mol. The molecule has 18 heavy (non-hydrogen) atoms. The van der Waals surface area contributed by atoms with Gasteiger partial charge in [-0.05, 0) is 24.0 Å². The molecule has 0 spiro atoms. The van der Waals surface area contributed by atoms with Crippen molar-refractivity contribution in [3.05, 3.63) is 24.3 Å². The monoisotopic (exact) mass is 244 g/mol. The topological polar surface area (TPSA) is 36.3 Å². The van der Waals surface area contributed by atoms with Gasteiger partial charge in [0.25, 0.3) is 0 Å². The van der Waals surface area contributed by atoms with Gasteiger partial charge in [0.05, 0.1) is 19.1 Å². The summed E-state index contributed by atoms with van der Waals surface area (Å²) in [6.07, 6.45) is 0.931. The van der Waals surface area contributed by atoms with Crippen LogP contribution in [0.3, 0.4) is 0 Å². The standard InChI is InChI=1S/C15H20N2O/c1-15(2)11-17(8-7-12(15)10-16)13-5-4-6-14(9-13)18-3/h4-6,9,12H,7-8,11H2,1-3H3. The van der Waals surface area contributed by atoms with Crippen molar-refractivity contribution < 1.29 is 4.74 Å². The number of piperidine rings is 1. The van der Waals surface area contributed by atoms with E-state index in [1.807, 2.05) is 12.1 Å². The van der Waals surface area contributed by atoms with Crippen molar-refractivity contribution in [1.82, 2.24) is 0 Å². The molecule has 1 atom stereocenters. The summed E-state index contributed by atoms with van der Waals surface area (Å²) >= 11 is 0. The van der Waals surface area contributed by atoms with Gasteiger partial charge in [-0.15, -0.1) is 0 Å². The van der Waals surface area contributed by atoms with Crippen molar-refractivity contribution in [3.8, 4) is 11.8 Å². The van der Waals surface area contributed by atoms with Crippen molar-refractivity contribution in [1.29, 1.82) is 5.26 Å². The number of ether oxygens (including phenoxy) is 1. The number of nitrogens with zero attached hydrogens (tertiary/aromatic N) is 2. The Bertz CT molecular complexity index is 462. The Morgan fingerprint density at radius 3 is 2.83 bits per heavy atom. The van der Waals surface area contributed by atoms with Crippen LogP contribution in [0.4, 0.5) is 5.69 Å². The summed E-state index contributed by atoms with van der Waals surface area (Å²) in [5.74, 6) is 1.03. The smallest absolute Gasteiger partial charge is 0.120 e. The first-order chi connectivity index (χ1) is 8.56. The molecule has 3 nitrogen and oxygen atoms in total. The summed E-state index contributed by atoms with van der Waals surface area (Å²) in [4.78, 5) is 2.34. The molecule has 1 aliphatic rings. The molecule has 0 N–H and O–H groups in total. The van der Waals surface area contributed by atoms with E-state index in [9.17, 15) is 5.26 Å². The Balaban J connectivity index is 2.18. The predicted octanol–water partition coefficient (Wildman–Crippen LogP) is 3.07. The summed E-state index contributed by atoms with van der Waals surface area (Å²) in [6.45, 7) is 6.20. The maximum absolute atomic E-state index is 9.18. The van der Waals surface area contributed by atoms with Crippen LogP contribution in [0.25, 0.3) is 0 Å². The number of rotatable bonds is 2. The zero-order chi connectivity index (χ0) is 13.2. The van der Waals surface area contributed by atoms with Gasteiger partial charge in [0, 0.05) is 24.8 Å². The van der Waals surface area contributed by atoms with E-state index in [0.717, 1.165) is 25.3 Å². The Morgan fingerprint density at radius 1 is 1.44 bits per heavy atom. The molecule has 0 aromatic heterocycles. The van der Waals surface area contributed by atoms with Crippen LogP contribution in [-0.4, -0.2) is 20.2 Å². The van der Waals surface area contributed by atoms with Crippen molar-refractivity contribution in [2.24, 2.45) is 11.3 Å². The highest BCUT2D eigenvalue weighted by atomic mass is 16.5. The Morgan fingerprint density at radius 2 is 2.22 bits per heavy atom. The molecule has 0 bridgehead atoms. The first kappa shape index (κ1) is 12.8. The number of methoxy groups -OCH3 is 1. The van der Waals surface area contributed by atoms with E-state index in [4.69, 9.17) is 4.74 Å². The molecule has 1 saturated heterocycles. The van der Waals surface area contributed by atoms with Gasteiger partial charge >= 0.3 is 0 Å². The maximum Gasteiger partial charge on any atom is 0.120 e. The van der Waals surface area contributed by atoms with E-state index < -0.39 is 0 Å². The molecule has 3 heteroatoms. The largest absolute Gasteiger partial charge is 0.497 e. The van der Waals surface area contributed by atoms with Crippen molar-refractivity contribution >= 4 is 5.69 Å². The highest BCUT2D eigenvalue weighted by molar-refractivity contribution is 5.51. The van der Waals surface area contributed by atoms with E-state index in [2.05, 4.69) is 36.9 Å². The second kappa shape index (κ2) is 4.89. The summed E-state index contributed by atoms with van der Waals surface area (Å²) < 4.78 is 5.26. The second-order valence-corrected chi connectivity index (χ2v) is 5.58. The molecule has 96 valence electrons. The summed E-state index contributed by atoms with van der Waals surface area (Å²) in [5.41, 5.74) is 1.22. The minimum Gasteiger partial charge on any atom is -0.497 e. The summed E-state index contributed by atoms with van der Waals surface area (Å²) in [7, 11) is 1.69. The minimum absolute atomic E-state index is 0.0378. The van der Waals surface area contributed by atoms with E-state index in [0.29, 0.717) is 0 Å². The fourth-order valence-electron chi connectivity index (χ4n) is 2.62. The molecule has 1 unspecified atom stereocenters. The Kier molecular flexibility index (Phi) is 3.47. The van der Waals surface area contributed by atoms with Gasteiger partial charge in [0.1, 0.15) is 5.75 Å². The lowest BCUT2D eigenvalue weighted by molar-refractivity contribution is 0.226. The van der Waals surface area contributed by atoms with Crippen LogP contribution in [0.15, 0.2) is 24.3 Å². The lowest BCUT2D eigenvalue weighted by Crippen LogP contribution is -2.45. The fourth-order valence-corrected chi connectivity index (χ4v) is 2.62. The molecule has 1 aliphatic heterocycles. The van der Waals surface area contributed by atoms with Crippen LogP contribution in [0.2, 0.25) is 0 Å². The van der Waals surface area contributed by atoms with E-state index in [1.54, 1.807) is 7.11 Å². The average molecular weight is 244 g/mol. The fraction of sp³-hybridized carbons (Fsp3) is 0.533. The van der Waals surface area contributed by atoms with E-state index in [1.165, 1.54) is 5.69 Å². The van der Waals surface area contributed by atoms with Gasteiger partial charge in [-0.25, -0.2) is 0 Å². The SMILES string of the molecule is COc1cccc(N2CCC(C#N)C(C)(C)C2)c1. The van der Waals surface area contributed by atoms with Crippen LogP contribution in [0.5, 0.6) is 5.75 Å². The minimum atomic E-state index is 0.0378. The van der Waals surface area contributed by atoms with Gasteiger partial charge in [-0.2, -0.15) is 5.26 Å². The molecule has 1 aromatic rings. The maximum atomic E-state index is 9.18. The third-order valence-corrected chi connectivity index (χ3v) is 3.80. The van der Waals surface area contributed by atoms with Gasteiger partial charge in [-0.3, -0.25) is 0 Å². The Labute approximate surface area is 109 Å². The first-order valence-corrected chi connectivity index (χ1v) is 6.35. The van der Waals surface area contributed by atoms with Gasteiger partial charge in [0.2, 0.25) is 0 Å². The van der Waals surface area contributed by atoms with Crippen LogP contribution < -0.4 is 9.64 Å². The van der Waals surface area contributed by atoms with Crippen LogP contribution in [0, 0.1) is 22.7 Å². The molecule has 2 rings (SSSR count). The lowest BCUT2D eigenvalue weighted by Gasteiger charge is -2.42. The highest BCUT2D eigenvalue weighted by Gasteiger charge is 2.36. The van der Waals surface area contributed by atoms with Gasteiger partial charge in [0.15, 0.2) is 0 Å². The van der Waals surface area contributed by atoms with E-state index in [-0.39, 0.29) is 11.3 Å². The van der Waals surface area contributed by atoms with E-state index >= 15 is 0 Å². The van der Waals surface area contributed by atoms with Gasteiger partial charge < -0.3 is 9.64 Å². The molecule has 1 aromatic carbocycles. The number of nitriles is 1. The van der Waals surface area contributed by atoms with Crippen LogP contribution in [-0.2, 0) is 0 Å². The summed E-state index contributed by atoms with van der Waals surface area (Å²) in [5, 5.41) is 9.18. The van der Waals surface area contributed by atoms with Crippen molar-refractivity contribution in [3.63, 3.8) is 0 Å². The lowest BCUT2D eigenvalue weighted by atomic mass is 9.74. The average Bonchev–Trinajstić information content (AvgIpc) is 2.37. The van der Waals surface area contributed by atoms with Crippen molar-refractivity contribution in [2.75, 3.05) is 25.1 Å². The first-order valence-electron chi connectivity index (χ1n) is 6.35. The summed E-state index contributed by atoms with van der Waals surface area (Å²) in [6, 6.07) is 10.6. The number of hydrogen-bond acceptors (Lipinski definition) is 3. The van der Waals surface area contributed by atoms with Crippen LogP contribution >= 0.6 is 0 Å². The van der Waals surface area contributed by atoms with Crippen molar-refractivity contribution in [2.45, 2.75) is 20.3 Å². The molecule has 0 amide bonds. The predicted molar refractivity (Wildman–Crippen MR) is 72.7 cm³/mol. The third-order valence-electron chi connectivity index (χ3n) is 3.80. The Hall–Kier alpha value is -1.69. The zero-order valence-electron chi connectivity index (χ0n) is 11.3. The molecule has 1 fully saturated rings. The molecule has 0 aliphatic carbocycles. The highest BCUT2D eigenvalue weighted by Crippen LogP contribution is 2.36. The quantitative estimate of drug-likeness (QED) is 0.802. The third kappa shape index (κ3) is 2.43. The second-order valence-electron chi connectivity index (χ2n) is 5.58. The number of hydrogen-bond donors (Lipinski definition) is 0. The van der Waals surface area contributed by atoms with Gasteiger partial charge in [-0.1, -0.05) is 19.9 Å². The molecule has 0 saturated carbocycles. The number of anilines is 1. The number of benzene rings is 1. The molecule has 1 heterocycles. The molecule has 0 radical (unpaired) electrons. The molecular formula is C15H20N2O.